The van der Waals surface area contributed by atoms with Crippen LogP contribution in [0.1, 0.15) is 6.42 Å². The van der Waals surface area contributed by atoms with Gasteiger partial charge in [-0.3, -0.25) is 4.90 Å². The van der Waals surface area contributed by atoms with E-state index in [4.69, 9.17) is 19.9 Å². The van der Waals surface area contributed by atoms with Crippen LogP contribution in [-0.4, -0.2) is 61.4 Å². The number of benzene rings is 2. The van der Waals surface area contributed by atoms with Gasteiger partial charge in [0, 0.05) is 41.7 Å². The van der Waals surface area contributed by atoms with Gasteiger partial charge in [-0.15, -0.1) is 0 Å². The predicted molar refractivity (Wildman–Crippen MR) is 118 cm³/mol. The number of anilines is 1. The Kier molecular flexibility index (Phi) is 6.88. The van der Waals surface area contributed by atoms with Crippen molar-refractivity contribution in [2.75, 3.05) is 52.3 Å². The number of aromatic nitrogens is 2. The third-order valence-electron chi connectivity index (χ3n) is 4.94. The maximum absolute atomic E-state index is 6.03. The summed E-state index contributed by atoms with van der Waals surface area (Å²) in [4.78, 5) is 12.3. The van der Waals surface area contributed by atoms with E-state index in [1.165, 1.54) is 0 Å². The minimum atomic E-state index is 0.620. The van der Waals surface area contributed by atoms with Gasteiger partial charge in [0.1, 0.15) is 11.4 Å². The fraction of sp³-hybridized carbons (Fsp3) is 0.364. The first-order valence-electron chi connectivity index (χ1n) is 10.0. The maximum Gasteiger partial charge on any atom is 0.163 e. The summed E-state index contributed by atoms with van der Waals surface area (Å²) in [6.45, 7) is 5.23. The number of hydrogen-bond donors (Lipinski definition) is 1. The molecule has 0 atom stereocenters. The number of nitrogens with zero attached hydrogens (tertiary/aromatic N) is 3. The zero-order chi connectivity index (χ0) is 20.8. The van der Waals surface area contributed by atoms with Gasteiger partial charge in [0.2, 0.25) is 0 Å². The van der Waals surface area contributed by atoms with E-state index in [1.807, 2.05) is 36.4 Å². The highest BCUT2D eigenvalue weighted by molar-refractivity contribution is 7.99. The first-order valence-corrected chi connectivity index (χ1v) is 10.8. The van der Waals surface area contributed by atoms with Crippen molar-refractivity contribution < 1.29 is 14.2 Å². The lowest BCUT2D eigenvalue weighted by molar-refractivity contribution is 0.0357. The Labute approximate surface area is 180 Å². The third-order valence-corrected chi connectivity index (χ3v) is 5.95. The average molecular weight is 427 g/mol. The first-order chi connectivity index (χ1) is 14.7. The molecule has 8 heteroatoms. The molecule has 2 N–H and O–H groups in total. The zero-order valence-electron chi connectivity index (χ0n) is 17.0. The lowest BCUT2D eigenvalue weighted by Crippen LogP contribution is -2.37. The second-order valence-corrected chi connectivity index (χ2v) is 8.09. The lowest BCUT2D eigenvalue weighted by Gasteiger charge is -2.26. The molecule has 0 aliphatic carbocycles. The fourth-order valence-electron chi connectivity index (χ4n) is 3.38. The fourth-order valence-corrected chi connectivity index (χ4v) is 4.32. The summed E-state index contributed by atoms with van der Waals surface area (Å²) in [6.07, 6.45) is 2.52. The maximum atomic E-state index is 6.03. The van der Waals surface area contributed by atoms with Crippen molar-refractivity contribution in [1.29, 1.82) is 0 Å². The van der Waals surface area contributed by atoms with Crippen LogP contribution in [-0.2, 0) is 4.74 Å². The van der Waals surface area contributed by atoms with Crippen molar-refractivity contribution in [3.05, 3.63) is 42.7 Å². The number of hydrogen-bond acceptors (Lipinski definition) is 8. The summed E-state index contributed by atoms with van der Waals surface area (Å²) in [5.74, 6) is 1.38. The molecule has 1 aliphatic heterocycles. The van der Waals surface area contributed by atoms with Gasteiger partial charge >= 0.3 is 0 Å². The van der Waals surface area contributed by atoms with Crippen molar-refractivity contribution in [2.45, 2.75) is 16.3 Å². The summed E-state index contributed by atoms with van der Waals surface area (Å²) >= 11 is 1.55. The molecule has 1 aliphatic rings. The molecule has 3 aromatic rings. The Morgan fingerprint density at radius 3 is 2.80 bits per heavy atom. The first kappa shape index (κ1) is 20.7. The van der Waals surface area contributed by atoms with Crippen molar-refractivity contribution in [2.24, 2.45) is 0 Å². The normalized spacial score (nSPS) is 14.7. The van der Waals surface area contributed by atoms with Crippen molar-refractivity contribution in [3.8, 4) is 11.5 Å². The summed E-state index contributed by atoms with van der Waals surface area (Å²) < 4.78 is 17.0. The molecular weight excluding hydrogens is 400 g/mol. The number of rotatable bonds is 8. The number of nitrogens with two attached hydrogens (primary N) is 1. The highest BCUT2D eigenvalue weighted by atomic mass is 32.2. The molecule has 2 heterocycles. The van der Waals surface area contributed by atoms with E-state index in [2.05, 4.69) is 14.9 Å². The van der Waals surface area contributed by atoms with E-state index >= 15 is 0 Å². The van der Waals surface area contributed by atoms with Crippen molar-refractivity contribution >= 4 is 28.4 Å². The van der Waals surface area contributed by atoms with E-state index < -0.39 is 0 Å². The smallest absolute Gasteiger partial charge is 0.163 e. The van der Waals surface area contributed by atoms with Gasteiger partial charge in [-0.05, 0) is 30.7 Å². The van der Waals surface area contributed by atoms with Crippen LogP contribution in [0.2, 0.25) is 0 Å². The van der Waals surface area contributed by atoms with Gasteiger partial charge in [0.25, 0.3) is 0 Å². The molecule has 7 nitrogen and oxygen atoms in total. The molecule has 0 bridgehead atoms. The highest BCUT2D eigenvalue weighted by Gasteiger charge is 2.14. The molecule has 0 amide bonds. The largest absolute Gasteiger partial charge is 0.493 e. The molecule has 0 spiro atoms. The number of methoxy groups -OCH3 is 1. The molecule has 2 aromatic carbocycles. The molecule has 1 fully saturated rings. The van der Waals surface area contributed by atoms with Crippen LogP contribution in [0.25, 0.3) is 10.9 Å². The van der Waals surface area contributed by atoms with Crippen LogP contribution < -0.4 is 15.2 Å². The Bertz CT molecular complexity index is 995. The van der Waals surface area contributed by atoms with Gasteiger partial charge < -0.3 is 19.9 Å². The predicted octanol–water partition coefficient (Wildman–Crippen LogP) is 3.47. The summed E-state index contributed by atoms with van der Waals surface area (Å²) in [6, 6.07) is 11.6. The van der Waals surface area contributed by atoms with Gasteiger partial charge in [-0.25, -0.2) is 9.97 Å². The Morgan fingerprint density at radius 2 is 2.00 bits per heavy atom. The van der Waals surface area contributed by atoms with Crippen LogP contribution >= 0.6 is 11.8 Å². The zero-order valence-corrected chi connectivity index (χ0v) is 17.9. The summed E-state index contributed by atoms with van der Waals surface area (Å²) in [7, 11) is 1.65. The molecule has 1 saturated heterocycles. The van der Waals surface area contributed by atoms with E-state index in [9.17, 15) is 0 Å². The van der Waals surface area contributed by atoms with Crippen molar-refractivity contribution in [1.82, 2.24) is 14.9 Å². The summed E-state index contributed by atoms with van der Waals surface area (Å²) in [5, 5.41) is 1.77. The standard InChI is InChI=1S/C22H26N4O3S/c1-27-20-13-18-19(14-21(20)29-9-3-6-26-7-10-28-11-8-26)24-15-25-22(18)30-17-5-2-4-16(23)12-17/h2,4-5,12-15H,3,6-11,23H2,1H3. The highest BCUT2D eigenvalue weighted by Crippen LogP contribution is 2.37. The van der Waals surface area contributed by atoms with Crippen LogP contribution in [0.15, 0.2) is 52.6 Å². The molecule has 0 radical (unpaired) electrons. The van der Waals surface area contributed by atoms with Gasteiger partial charge in [0.15, 0.2) is 11.5 Å². The van der Waals surface area contributed by atoms with Gasteiger partial charge in [-0.1, -0.05) is 17.8 Å². The molecule has 4 rings (SSSR count). The van der Waals surface area contributed by atoms with Gasteiger partial charge in [0.05, 0.1) is 32.4 Å². The second-order valence-electron chi connectivity index (χ2n) is 7.03. The summed E-state index contributed by atoms with van der Waals surface area (Å²) in [5.41, 5.74) is 7.45. The molecular formula is C22H26N4O3S. The SMILES string of the molecule is COc1cc2c(Sc3cccc(N)c3)ncnc2cc1OCCCN1CCOCC1. The molecule has 30 heavy (non-hydrogen) atoms. The van der Waals surface area contributed by atoms with E-state index in [1.54, 1.807) is 25.2 Å². The lowest BCUT2D eigenvalue weighted by atomic mass is 10.2. The van der Waals surface area contributed by atoms with Crippen LogP contribution in [0.4, 0.5) is 5.69 Å². The minimum absolute atomic E-state index is 0.620. The van der Waals surface area contributed by atoms with Gasteiger partial charge in [-0.2, -0.15) is 0 Å². The minimum Gasteiger partial charge on any atom is -0.493 e. The van der Waals surface area contributed by atoms with E-state index in [0.717, 1.165) is 65.8 Å². The number of ether oxygens (including phenoxy) is 3. The monoisotopic (exact) mass is 426 g/mol. The Hall–Kier alpha value is -2.55. The average Bonchev–Trinajstić information content (AvgIpc) is 2.77. The van der Waals surface area contributed by atoms with Crippen LogP contribution in [0, 0.1) is 0 Å². The molecule has 1 aromatic heterocycles. The van der Waals surface area contributed by atoms with Crippen LogP contribution in [0.5, 0.6) is 11.5 Å². The van der Waals surface area contributed by atoms with E-state index in [-0.39, 0.29) is 0 Å². The topological polar surface area (TPSA) is 82.7 Å². The third kappa shape index (κ3) is 5.13. The molecule has 158 valence electrons. The quantitative estimate of drug-likeness (QED) is 0.333. The Balaban J connectivity index is 1.48. The molecule has 0 saturated carbocycles. The van der Waals surface area contributed by atoms with Crippen molar-refractivity contribution in [3.63, 3.8) is 0 Å². The molecule has 0 unspecified atom stereocenters. The van der Waals surface area contributed by atoms with E-state index in [0.29, 0.717) is 18.1 Å². The van der Waals surface area contributed by atoms with Crippen LogP contribution in [0.3, 0.4) is 0 Å². The number of morpholine rings is 1. The Morgan fingerprint density at radius 1 is 1.13 bits per heavy atom. The second kappa shape index (κ2) is 9.97. The number of fused-ring (bicyclic) bond motifs is 1. The number of nitrogen functional groups attached to an aromatic ring is 1.